The Morgan fingerprint density at radius 1 is 1.35 bits per heavy atom. The molecule has 2 heteroatoms. The van der Waals surface area contributed by atoms with Crippen LogP contribution in [-0.4, -0.2) is 6.04 Å². The van der Waals surface area contributed by atoms with Crippen LogP contribution in [0, 0.1) is 18.7 Å². The van der Waals surface area contributed by atoms with Gasteiger partial charge in [-0.1, -0.05) is 32.8 Å². The molecular weight excluding hydrogens is 213 g/mol. The van der Waals surface area contributed by atoms with Gasteiger partial charge in [0.05, 0.1) is 0 Å². The maximum absolute atomic E-state index is 13.2. The number of hydrogen-bond donors (Lipinski definition) is 1. The van der Waals surface area contributed by atoms with E-state index in [0.29, 0.717) is 5.92 Å². The first-order chi connectivity index (χ1) is 8.04. The Labute approximate surface area is 104 Å². The molecule has 0 aliphatic heterocycles. The number of hydrogen-bond acceptors (Lipinski definition) is 1. The van der Waals surface area contributed by atoms with Crippen molar-refractivity contribution in [3.8, 4) is 0 Å². The van der Waals surface area contributed by atoms with E-state index < -0.39 is 0 Å². The monoisotopic (exact) mass is 237 g/mol. The van der Waals surface area contributed by atoms with Gasteiger partial charge in [-0.2, -0.15) is 0 Å². The Balaban J connectivity index is 2.60. The predicted octanol–water partition coefficient (Wildman–Crippen LogP) is 3.83. The van der Waals surface area contributed by atoms with Gasteiger partial charge in [-0.25, -0.2) is 4.39 Å². The lowest BCUT2D eigenvalue weighted by atomic mass is 9.90. The summed E-state index contributed by atoms with van der Waals surface area (Å²) in [5.41, 5.74) is 8.36. The molecule has 1 nitrogen and oxygen atoms in total. The van der Waals surface area contributed by atoms with Crippen LogP contribution >= 0.6 is 0 Å². The standard InChI is InChI=1S/C15H24FN/c1-4-5-6-12(3)15(17)10-13-9-14(16)8-7-11(13)2/h7-9,12,15H,4-6,10,17H2,1-3H3. The van der Waals surface area contributed by atoms with Gasteiger partial charge in [-0.05, 0) is 48.9 Å². The lowest BCUT2D eigenvalue weighted by Crippen LogP contribution is -2.30. The first-order valence-electron chi connectivity index (χ1n) is 6.55. The van der Waals surface area contributed by atoms with E-state index in [4.69, 9.17) is 5.73 Å². The highest BCUT2D eigenvalue weighted by molar-refractivity contribution is 5.27. The molecular formula is C15H24FN. The molecule has 0 heterocycles. The molecule has 0 saturated heterocycles. The van der Waals surface area contributed by atoms with Gasteiger partial charge >= 0.3 is 0 Å². The zero-order chi connectivity index (χ0) is 12.8. The molecule has 1 aromatic rings. The van der Waals surface area contributed by atoms with Crippen molar-refractivity contribution in [2.24, 2.45) is 11.7 Å². The van der Waals surface area contributed by atoms with Gasteiger partial charge < -0.3 is 5.73 Å². The number of unbranched alkanes of at least 4 members (excludes halogenated alkanes) is 1. The summed E-state index contributed by atoms with van der Waals surface area (Å²) in [5.74, 6) is 0.330. The van der Waals surface area contributed by atoms with E-state index in [0.717, 1.165) is 24.0 Å². The topological polar surface area (TPSA) is 26.0 Å². The summed E-state index contributed by atoms with van der Waals surface area (Å²) in [6.07, 6.45) is 4.35. The van der Waals surface area contributed by atoms with Gasteiger partial charge in [-0.15, -0.1) is 0 Å². The fraction of sp³-hybridized carbons (Fsp3) is 0.600. The fourth-order valence-corrected chi connectivity index (χ4v) is 2.06. The molecule has 0 radical (unpaired) electrons. The molecule has 0 aliphatic rings. The van der Waals surface area contributed by atoms with Crippen LogP contribution in [0.4, 0.5) is 4.39 Å². The minimum absolute atomic E-state index is 0.127. The molecule has 0 spiro atoms. The van der Waals surface area contributed by atoms with Crippen molar-refractivity contribution in [3.63, 3.8) is 0 Å². The molecule has 0 bridgehead atoms. The molecule has 0 amide bonds. The molecule has 0 aliphatic carbocycles. The van der Waals surface area contributed by atoms with Gasteiger partial charge in [-0.3, -0.25) is 0 Å². The van der Waals surface area contributed by atoms with Gasteiger partial charge in [0.2, 0.25) is 0 Å². The number of nitrogens with two attached hydrogens (primary N) is 1. The highest BCUT2D eigenvalue weighted by Crippen LogP contribution is 2.17. The first-order valence-corrected chi connectivity index (χ1v) is 6.55. The predicted molar refractivity (Wildman–Crippen MR) is 71.5 cm³/mol. The molecule has 2 N–H and O–H groups in total. The normalized spacial score (nSPS) is 14.6. The van der Waals surface area contributed by atoms with Crippen LogP contribution in [0.2, 0.25) is 0 Å². The molecule has 0 aromatic heterocycles. The lowest BCUT2D eigenvalue weighted by Gasteiger charge is -2.20. The molecule has 0 saturated carbocycles. The molecule has 1 rings (SSSR count). The molecule has 96 valence electrons. The van der Waals surface area contributed by atoms with E-state index >= 15 is 0 Å². The van der Waals surface area contributed by atoms with E-state index in [-0.39, 0.29) is 11.9 Å². The minimum Gasteiger partial charge on any atom is -0.327 e. The number of aryl methyl sites for hydroxylation is 1. The highest BCUT2D eigenvalue weighted by Gasteiger charge is 2.14. The van der Waals surface area contributed by atoms with Crippen LogP contribution in [0.25, 0.3) is 0 Å². The average Bonchev–Trinajstić information content (AvgIpc) is 2.30. The average molecular weight is 237 g/mol. The largest absolute Gasteiger partial charge is 0.327 e. The quantitative estimate of drug-likeness (QED) is 0.799. The zero-order valence-corrected chi connectivity index (χ0v) is 11.2. The van der Waals surface area contributed by atoms with Crippen LogP contribution in [0.15, 0.2) is 18.2 Å². The van der Waals surface area contributed by atoms with Crippen molar-refractivity contribution in [1.82, 2.24) is 0 Å². The van der Waals surface area contributed by atoms with Gasteiger partial charge in [0.25, 0.3) is 0 Å². The second-order valence-electron chi connectivity index (χ2n) is 5.06. The van der Waals surface area contributed by atoms with E-state index in [1.54, 1.807) is 6.07 Å². The number of benzene rings is 1. The SMILES string of the molecule is CCCCC(C)C(N)Cc1cc(F)ccc1C. The van der Waals surface area contributed by atoms with Crippen molar-refractivity contribution in [2.45, 2.75) is 52.5 Å². The van der Waals surface area contributed by atoms with Gasteiger partial charge in [0.15, 0.2) is 0 Å². The van der Waals surface area contributed by atoms with Crippen molar-refractivity contribution < 1.29 is 4.39 Å². The smallest absolute Gasteiger partial charge is 0.123 e. The van der Waals surface area contributed by atoms with Gasteiger partial charge in [0.1, 0.15) is 5.82 Å². The number of halogens is 1. The Morgan fingerprint density at radius 2 is 2.06 bits per heavy atom. The third-order valence-electron chi connectivity index (χ3n) is 3.51. The van der Waals surface area contributed by atoms with E-state index in [1.807, 2.05) is 13.0 Å². The summed E-state index contributed by atoms with van der Waals surface area (Å²) in [6.45, 7) is 6.39. The fourth-order valence-electron chi connectivity index (χ4n) is 2.06. The second kappa shape index (κ2) is 6.75. The maximum Gasteiger partial charge on any atom is 0.123 e. The van der Waals surface area contributed by atoms with Crippen molar-refractivity contribution in [2.75, 3.05) is 0 Å². The highest BCUT2D eigenvalue weighted by atomic mass is 19.1. The summed E-state index contributed by atoms with van der Waals surface area (Å²) in [5, 5.41) is 0. The third-order valence-corrected chi connectivity index (χ3v) is 3.51. The zero-order valence-electron chi connectivity index (χ0n) is 11.2. The van der Waals surface area contributed by atoms with Crippen LogP contribution in [-0.2, 0) is 6.42 Å². The van der Waals surface area contributed by atoms with Crippen LogP contribution < -0.4 is 5.73 Å². The van der Waals surface area contributed by atoms with Crippen molar-refractivity contribution in [3.05, 3.63) is 35.1 Å². The summed E-state index contributed by atoms with van der Waals surface area (Å²) in [7, 11) is 0. The molecule has 0 fully saturated rings. The summed E-state index contributed by atoms with van der Waals surface area (Å²) in [6, 6.07) is 5.07. The Morgan fingerprint density at radius 3 is 2.71 bits per heavy atom. The third kappa shape index (κ3) is 4.47. The van der Waals surface area contributed by atoms with Crippen LogP contribution in [0.3, 0.4) is 0 Å². The van der Waals surface area contributed by atoms with E-state index in [9.17, 15) is 4.39 Å². The summed E-state index contributed by atoms with van der Waals surface area (Å²) < 4.78 is 13.2. The summed E-state index contributed by atoms with van der Waals surface area (Å²) >= 11 is 0. The van der Waals surface area contributed by atoms with Crippen LogP contribution in [0.5, 0.6) is 0 Å². The molecule has 17 heavy (non-hydrogen) atoms. The van der Waals surface area contributed by atoms with Crippen molar-refractivity contribution in [1.29, 1.82) is 0 Å². The summed E-state index contributed by atoms with van der Waals surface area (Å²) in [4.78, 5) is 0. The van der Waals surface area contributed by atoms with E-state index in [2.05, 4.69) is 13.8 Å². The minimum atomic E-state index is -0.168. The maximum atomic E-state index is 13.2. The Bertz CT molecular complexity index is 349. The Hall–Kier alpha value is -0.890. The Kier molecular flexibility index (Phi) is 5.63. The lowest BCUT2D eigenvalue weighted by molar-refractivity contribution is 0.410. The first kappa shape index (κ1) is 14.2. The number of rotatable bonds is 6. The van der Waals surface area contributed by atoms with Gasteiger partial charge in [0, 0.05) is 6.04 Å². The molecule has 1 aromatic carbocycles. The second-order valence-corrected chi connectivity index (χ2v) is 5.06. The molecule has 2 unspecified atom stereocenters. The van der Waals surface area contributed by atoms with Crippen molar-refractivity contribution >= 4 is 0 Å². The molecule has 2 atom stereocenters. The van der Waals surface area contributed by atoms with Crippen LogP contribution in [0.1, 0.15) is 44.2 Å². The van der Waals surface area contributed by atoms with E-state index in [1.165, 1.54) is 18.9 Å².